The van der Waals surface area contributed by atoms with Gasteiger partial charge in [-0.25, -0.2) is 4.98 Å². The van der Waals surface area contributed by atoms with Gasteiger partial charge in [0.1, 0.15) is 5.82 Å². The van der Waals surface area contributed by atoms with Crippen LogP contribution in [0.3, 0.4) is 0 Å². The minimum Gasteiger partial charge on any atom is -0.336 e. The molecule has 1 aliphatic heterocycles. The summed E-state index contributed by atoms with van der Waals surface area (Å²) in [6.45, 7) is 8.30. The van der Waals surface area contributed by atoms with E-state index >= 15 is 0 Å². The number of aryl methyl sites for hydroxylation is 1. The molecule has 2 rings (SSSR count). The lowest BCUT2D eigenvalue weighted by molar-refractivity contribution is 0.0747. The monoisotopic (exact) mass is 278 g/mol. The maximum Gasteiger partial charge on any atom is 0.293 e. The zero-order chi connectivity index (χ0) is 14.5. The fourth-order valence-electron chi connectivity index (χ4n) is 2.87. The van der Waals surface area contributed by atoms with Gasteiger partial charge in [0.25, 0.3) is 5.91 Å². The molecule has 0 aromatic carbocycles. The van der Waals surface area contributed by atoms with Crippen molar-refractivity contribution in [2.75, 3.05) is 13.1 Å². The van der Waals surface area contributed by atoms with Crippen LogP contribution in [0.15, 0.2) is 0 Å². The lowest BCUT2D eigenvalue weighted by Gasteiger charge is -2.20. The highest BCUT2D eigenvalue weighted by atomic mass is 16.2. The van der Waals surface area contributed by atoms with Crippen molar-refractivity contribution in [2.24, 2.45) is 11.8 Å². The Morgan fingerprint density at radius 1 is 1.40 bits per heavy atom. The van der Waals surface area contributed by atoms with Crippen molar-refractivity contribution in [3.8, 4) is 0 Å². The summed E-state index contributed by atoms with van der Waals surface area (Å²) in [5.41, 5.74) is 0. The van der Waals surface area contributed by atoms with Crippen LogP contribution in [0.25, 0.3) is 0 Å². The second kappa shape index (κ2) is 6.86. The summed E-state index contributed by atoms with van der Waals surface area (Å²) in [6.07, 6.45) is 5.24. The van der Waals surface area contributed by atoms with Crippen LogP contribution in [0.1, 0.15) is 62.9 Å². The summed E-state index contributed by atoms with van der Waals surface area (Å²) in [5, 5.41) is 6.93. The van der Waals surface area contributed by atoms with E-state index in [0.717, 1.165) is 50.5 Å². The van der Waals surface area contributed by atoms with Gasteiger partial charge in [-0.15, -0.1) is 5.10 Å². The van der Waals surface area contributed by atoms with E-state index in [1.807, 2.05) is 4.90 Å². The molecule has 1 aromatic heterocycles. The Kier molecular flexibility index (Phi) is 5.15. The molecule has 1 aromatic rings. The van der Waals surface area contributed by atoms with Gasteiger partial charge in [-0.1, -0.05) is 20.8 Å². The topological polar surface area (TPSA) is 61.9 Å². The summed E-state index contributed by atoms with van der Waals surface area (Å²) >= 11 is 0. The molecule has 1 saturated heterocycles. The van der Waals surface area contributed by atoms with E-state index in [4.69, 9.17) is 0 Å². The molecule has 1 fully saturated rings. The molecule has 0 radical (unpaired) electrons. The standard InChI is InChI=1S/C15H26N4O/c1-4-6-13-16-14(18-17-13)15(20)19-9-5-7-12(8-10-19)11(2)3/h11-12H,4-10H2,1-3H3,(H,16,17,18). The second-order valence-electron chi connectivity index (χ2n) is 6.08. The third-order valence-electron chi connectivity index (χ3n) is 4.21. The predicted octanol–water partition coefficient (Wildman–Crippen LogP) is 2.66. The Balaban J connectivity index is 1.97. The van der Waals surface area contributed by atoms with Crippen LogP contribution < -0.4 is 0 Å². The van der Waals surface area contributed by atoms with Crippen LogP contribution in [0.4, 0.5) is 0 Å². The first kappa shape index (κ1) is 15.0. The number of carbonyl (C=O) groups is 1. The SMILES string of the molecule is CCCc1nc(C(=O)N2CCCC(C(C)C)CC2)n[nH]1. The molecule has 5 nitrogen and oxygen atoms in total. The number of amides is 1. The van der Waals surface area contributed by atoms with E-state index in [9.17, 15) is 4.79 Å². The Bertz CT molecular complexity index is 441. The third kappa shape index (κ3) is 3.58. The molecule has 1 amide bonds. The predicted molar refractivity (Wildman–Crippen MR) is 78.5 cm³/mol. The molecule has 0 saturated carbocycles. The van der Waals surface area contributed by atoms with Crippen LogP contribution in [0.2, 0.25) is 0 Å². The Hall–Kier alpha value is -1.39. The zero-order valence-electron chi connectivity index (χ0n) is 12.9. The van der Waals surface area contributed by atoms with E-state index in [1.165, 1.54) is 6.42 Å². The molecule has 0 spiro atoms. The molecule has 0 bridgehead atoms. The number of likely N-dealkylation sites (tertiary alicyclic amines) is 1. The van der Waals surface area contributed by atoms with Gasteiger partial charge in [0, 0.05) is 19.5 Å². The number of aromatic nitrogens is 3. The van der Waals surface area contributed by atoms with Gasteiger partial charge in [-0.3, -0.25) is 9.89 Å². The van der Waals surface area contributed by atoms with Crippen molar-refractivity contribution < 1.29 is 4.79 Å². The highest BCUT2D eigenvalue weighted by Crippen LogP contribution is 2.24. The quantitative estimate of drug-likeness (QED) is 0.921. The number of carbonyl (C=O) groups excluding carboxylic acids is 1. The van der Waals surface area contributed by atoms with Crippen molar-refractivity contribution in [2.45, 2.75) is 52.9 Å². The van der Waals surface area contributed by atoms with Gasteiger partial charge in [-0.2, -0.15) is 0 Å². The highest BCUT2D eigenvalue weighted by Gasteiger charge is 2.25. The number of nitrogens with one attached hydrogen (secondary N) is 1. The molecule has 2 heterocycles. The van der Waals surface area contributed by atoms with E-state index in [2.05, 4.69) is 36.0 Å². The molecule has 1 unspecified atom stereocenters. The smallest absolute Gasteiger partial charge is 0.293 e. The number of aromatic amines is 1. The van der Waals surface area contributed by atoms with Crippen molar-refractivity contribution in [1.29, 1.82) is 0 Å². The van der Waals surface area contributed by atoms with Crippen molar-refractivity contribution >= 4 is 5.91 Å². The lowest BCUT2D eigenvalue weighted by atomic mass is 9.89. The van der Waals surface area contributed by atoms with Crippen LogP contribution >= 0.6 is 0 Å². The molecule has 1 aliphatic rings. The van der Waals surface area contributed by atoms with Gasteiger partial charge in [-0.05, 0) is 37.5 Å². The lowest BCUT2D eigenvalue weighted by Crippen LogP contribution is -2.33. The highest BCUT2D eigenvalue weighted by molar-refractivity contribution is 5.90. The summed E-state index contributed by atoms with van der Waals surface area (Å²) in [4.78, 5) is 18.6. The molecular formula is C15H26N4O. The summed E-state index contributed by atoms with van der Waals surface area (Å²) in [5.74, 6) is 2.55. The minimum atomic E-state index is -0.0204. The van der Waals surface area contributed by atoms with Crippen LogP contribution in [-0.4, -0.2) is 39.1 Å². The van der Waals surface area contributed by atoms with Gasteiger partial charge in [0.2, 0.25) is 5.82 Å². The van der Waals surface area contributed by atoms with Gasteiger partial charge in [0.05, 0.1) is 0 Å². The molecule has 112 valence electrons. The summed E-state index contributed by atoms with van der Waals surface area (Å²) < 4.78 is 0. The second-order valence-corrected chi connectivity index (χ2v) is 6.08. The molecular weight excluding hydrogens is 252 g/mol. The van der Waals surface area contributed by atoms with E-state index in [1.54, 1.807) is 0 Å². The third-order valence-corrected chi connectivity index (χ3v) is 4.21. The first-order chi connectivity index (χ1) is 9.61. The van der Waals surface area contributed by atoms with E-state index in [-0.39, 0.29) is 5.91 Å². The molecule has 1 atom stereocenters. The van der Waals surface area contributed by atoms with E-state index < -0.39 is 0 Å². The zero-order valence-corrected chi connectivity index (χ0v) is 12.9. The molecule has 20 heavy (non-hydrogen) atoms. The number of nitrogens with zero attached hydrogens (tertiary/aromatic N) is 3. The first-order valence-electron chi connectivity index (χ1n) is 7.82. The van der Waals surface area contributed by atoms with Crippen molar-refractivity contribution in [3.05, 3.63) is 11.6 Å². The number of H-pyrrole nitrogens is 1. The molecule has 1 N–H and O–H groups in total. The average Bonchev–Trinajstić information content (AvgIpc) is 2.74. The summed E-state index contributed by atoms with van der Waals surface area (Å²) in [7, 11) is 0. The maximum absolute atomic E-state index is 12.4. The van der Waals surface area contributed by atoms with Gasteiger partial charge >= 0.3 is 0 Å². The van der Waals surface area contributed by atoms with Crippen molar-refractivity contribution in [3.63, 3.8) is 0 Å². The normalized spacial score (nSPS) is 20.2. The summed E-state index contributed by atoms with van der Waals surface area (Å²) in [6, 6.07) is 0. The Morgan fingerprint density at radius 3 is 2.90 bits per heavy atom. The van der Waals surface area contributed by atoms with Gasteiger partial charge in [0.15, 0.2) is 0 Å². The Morgan fingerprint density at radius 2 is 2.20 bits per heavy atom. The average molecular weight is 278 g/mol. The number of rotatable bonds is 4. The van der Waals surface area contributed by atoms with Crippen LogP contribution in [0, 0.1) is 11.8 Å². The molecule has 5 heteroatoms. The number of hydrogen-bond acceptors (Lipinski definition) is 3. The van der Waals surface area contributed by atoms with Crippen LogP contribution in [-0.2, 0) is 6.42 Å². The van der Waals surface area contributed by atoms with Gasteiger partial charge < -0.3 is 4.90 Å². The van der Waals surface area contributed by atoms with Crippen molar-refractivity contribution in [1.82, 2.24) is 20.1 Å². The van der Waals surface area contributed by atoms with E-state index in [0.29, 0.717) is 11.7 Å². The fraction of sp³-hybridized carbons (Fsp3) is 0.800. The Labute approximate surface area is 121 Å². The first-order valence-corrected chi connectivity index (χ1v) is 7.82. The van der Waals surface area contributed by atoms with Crippen LogP contribution in [0.5, 0.6) is 0 Å². The molecule has 0 aliphatic carbocycles. The minimum absolute atomic E-state index is 0.0204. The largest absolute Gasteiger partial charge is 0.336 e. The fourth-order valence-corrected chi connectivity index (χ4v) is 2.87. The maximum atomic E-state index is 12.4. The number of hydrogen-bond donors (Lipinski definition) is 1.